The van der Waals surface area contributed by atoms with Crippen LogP contribution in [0.2, 0.25) is 0 Å². The van der Waals surface area contributed by atoms with E-state index in [0.717, 1.165) is 12.7 Å². The number of carbonyl (C=O) groups excluding carboxylic acids is 2. The van der Waals surface area contributed by atoms with E-state index < -0.39 is 17.1 Å². The minimum absolute atomic E-state index is 0.0133. The summed E-state index contributed by atoms with van der Waals surface area (Å²) < 4.78 is 5.10. The van der Waals surface area contributed by atoms with Crippen LogP contribution in [0.4, 0.5) is 10.5 Å². The van der Waals surface area contributed by atoms with Crippen molar-refractivity contribution in [3.63, 3.8) is 0 Å². The van der Waals surface area contributed by atoms with Gasteiger partial charge in [-0.15, -0.1) is 0 Å². The molecule has 0 saturated carbocycles. The Hall–Kier alpha value is -2.44. The van der Waals surface area contributed by atoms with E-state index in [-0.39, 0.29) is 12.3 Å². The molecule has 0 spiro atoms. The number of nitrogens with zero attached hydrogens (tertiary/aromatic N) is 2. The summed E-state index contributed by atoms with van der Waals surface area (Å²) in [5.41, 5.74) is 0.645. The van der Waals surface area contributed by atoms with E-state index in [0.29, 0.717) is 18.5 Å². The van der Waals surface area contributed by atoms with Crippen LogP contribution in [0.5, 0.6) is 0 Å². The largest absolute Gasteiger partial charge is 0.445 e. The second kappa shape index (κ2) is 6.14. The van der Waals surface area contributed by atoms with Gasteiger partial charge in [-0.3, -0.25) is 15.0 Å². The predicted octanol–water partition coefficient (Wildman–Crippen LogP) is 1.89. The van der Waals surface area contributed by atoms with Gasteiger partial charge in [-0.2, -0.15) is 0 Å². The molecule has 1 aliphatic heterocycles. The molecule has 1 fully saturated rings. The Balaban J connectivity index is 1.90. The molecule has 0 radical (unpaired) electrons. The standard InChI is InChI=1S/C13H14N2O5/c16-8-12-2-1-7-14(12)13(17)20-9-10-3-5-11(6-4-10)15(18)19/h3-6,8,12H,1-2,7,9H2/t12-/m0/s1. The van der Waals surface area contributed by atoms with Crippen molar-refractivity contribution in [1.29, 1.82) is 0 Å². The van der Waals surface area contributed by atoms with Gasteiger partial charge < -0.3 is 9.53 Å². The lowest BCUT2D eigenvalue weighted by molar-refractivity contribution is -0.384. The van der Waals surface area contributed by atoms with Gasteiger partial charge in [0.25, 0.3) is 5.69 Å². The average molecular weight is 278 g/mol. The van der Waals surface area contributed by atoms with Crippen LogP contribution in [-0.4, -0.2) is 34.8 Å². The lowest BCUT2D eigenvalue weighted by Crippen LogP contribution is -2.36. The third-order valence-electron chi connectivity index (χ3n) is 3.20. The highest BCUT2D eigenvalue weighted by molar-refractivity contribution is 5.74. The van der Waals surface area contributed by atoms with Gasteiger partial charge in [-0.05, 0) is 30.5 Å². The molecule has 1 aromatic rings. The van der Waals surface area contributed by atoms with Crippen molar-refractivity contribution in [2.45, 2.75) is 25.5 Å². The number of carbonyl (C=O) groups is 2. The van der Waals surface area contributed by atoms with Crippen molar-refractivity contribution >= 4 is 18.1 Å². The lowest BCUT2D eigenvalue weighted by Gasteiger charge is -2.19. The molecule has 1 atom stereocenters. The molecular formula is C13H14N2O5. The van der Waals surface area contributed by atoms with Gasteiger partial charge >= 0.3 is 6.09 Å². The Bertz CT molecular complexity index is 514. The fourth-order valence-corrected chi connectivity index (χ4v) is 2.10. The number of nitro groups is 1. The van der Waals surface area contributed by atoms with Crippen molar-refractivity contribution < 1.29 is 19.2 Å². The molecule has 2 rings (SSSR count). The smallest absolute Gasteiger partial charge is 0.410 e. The highest BCUT2D eigenvalue weighted by Crippen LogP contribution is 2.17. The average Bonchev–Trinajstić information content (AvgIpc) is 2.93. The zero-order valence-corrected chi connectivity index (χ0v) is 10.7. The number of hydrogen-bond acceptors (Lipinski definition) is 5. The third-order valence-corrected chi connectivity index (χ3v) is 3.20. The van der Waals surface area contributed by atoms with Crippen LogP contribution in [0.15, 0.2) is 24.3 Å². The van der Waals surface area contributed by atoms with Crippen LogP contribution in [0.3, 0.4) is 0 Å². The van der Waals surface area contributed by atoms with E-state index in [2.05, 4.69) is 0 Å². The van der Waals surface area contributed by atoms with Crippen molar-refractivity contribution in [2.24, 2.45) is 0 Å². The molecule has 0 aliphatic carbocycles. The molecule has 0 N–H and O–H groups in total. The Kier molecular flexibility index (Phi) is 4.29. The van der Waals surface area contributed by atoms with Crippen LogP contribution in [0.25, 0.3) is 0 Å². The van der Waals surface area contributed by atoms with E-state index in [1.165, 1.54) is 29.2 Å². The number of benzene rings is 1. The number of ether oxygens (including phenoxy) is 1. The maximum absolute atomic E-state index is 11.8. The Morgan fingerprint density at radius 2 is 2.15 bits per heavy atom. The van der Waals surface area contributed by atoms with Gasteiger partial charge in [0.05, 0.1) is 11.0 Å². The summed E-state index contributed by atoms with van der Waals surface area (Å²) in [7, 11) is 0. The summed E-state index contributed by atoms with van der Waals surface area (Å²) in [6.45, 7) is 0.543. The van der Waals surface area contributed by atoms with Gasteiger partial charge in [0.15, 0.2) is 0 Å². The Morgan fingerprint density at radius 1 is 1.45 bits per heavy atom. The monoisotopic (exact) mass is 278 g/mol. The van der Waals surface area contributed by atoms with Gasteiger partial charge in [0.1, 0.15) is 12.9 Å². The molecule has 0 aromatic heterocycles. The number of amides is 1. The quantitative estimate of drug-likeness (QED) is 0.476. The van der Waals surface area contributed by atoms with Gasteiger partial charge in [-0.1, -0.05) is 0 Å². The molecule has 1 aliphatic rings. The Morgan fingerprint density at radius 3 is 2.75 bits per heavy atom. The lowest BCUT2D eigenvalue weighted by atomic mass is 10.2. The minimum Gasteiger partial charge on any atom is -0.445 e. The molecule has 106 valence electrons. The summed E-state index contributed by atoms with van der Waals surface area (Å²) in [5, 5.41) is 10.5. The molecule has 1 heterocycles. The molecule has 0 bridgehead atoms. The SMILES string of the molecule is O=C[C@@H]1CCCN1C(=O)OCc1ccc([N+](=O)[O-])cc1. The van der Waals surface area contributed by atoms with Crippen LogP contribution in [-0.2, 0) is 16.1 Å². The zero-order chi connectivity index (χ0) is 14.5. The molecule has 0 unspecified atom stereocenters. The van der Waals surface area contributed by atoms with Crippen LogP contribution in [0.1, 0.15) is 18.4 Å². The van der Waals surface area contributed by atoms with E-state index in [1.807, 2.05) is 0 Å². The van der Waals surface area contributed by atoms with Crippen LogP contribution >= 0.6 is 0 Å². The first-order valence-corrected chi connectivity index (χ1v) is 6.24. The van der Waals surface area contributed by atoms with E-state index in [1.54, 1.807) is 0 Å². The van der Waals surface area contributed by atoms with Crippen molar-refractivity contribution in [3.8, 4) is 0 Å². The molecule has 7 heteroatoms. The van der Waals surface area contributed by atoms with Gasteiger partial charge in [0.2, 0.25) is 0 Å². The van der Waals surface area contributed by atoms with Gasteiger partial charge in [-0.25, -0.2) is 4.79 Å². The third kappa shape index (κ3) is 3.11. The predicted molar refractivity (Wildman–Crippen MR) is 69.1 cm³/mol. The topological polar surface area (TPSA) is 89.8 Å². The molecule has 1 amide bonds. The summed E-state index contributed by atoms with van der Waals surface area (Å²) in [4.78, 5) is 34.0. The first-order chi connectivity index (χ1) is 9.61. The maximum atomic E-state index is 11.8. The zero-order valence-electron chi connectivity index (χ0n) is 10.7. The highest BCUT2D eigenvalue weighted by atomic mass is 16.6. The second-order valence-electron chi connectivity index (χ2n) is 4.52. The summed E-state index contributed by atoms with van der Waals surface area (Å²) >= 11 is 0. The Labute approximate surface area is 115 Å². The number of nitro benzene ring substituents is 1. The van der Waals surface area contributed by atoms with Gasteiger partial charge in [0, 0.05) is 18.7 Å². The molecule has 1 aromatic carbocycles. The summed E-state index contributed by atoms with van der Waals surface area (Å²) in [6.07, 6.45) is 1.67. The molecular weight excluding hydrogens is 264 g/mol. The molecule has 1 saturated heterocycles. The fourth-order valence-electron chi connectivity index (χ4n) is 2.10. The van der Waals surface area contributed by atoms with Crippen molar-refractivity contribution in [1.82, 2.24) is 4.90 Å². The van der Waals surface area contributed by atoms with Crippen LogP contribution < -0.4 is 0 Å². The summed E-state index contributed by atoms with van der Waals surface area (Å²) in [5.74, 6) is 0. The second-order valence-corrected chi connectivity index (χ2v) is 4.52. The molecule has 20 heavy (non-hydrogen) atoms. The first kappa shape index (κ1) is 14.0. The highest BCUT2D eigenvalue weighted by Gasteiger charge is 2.29. The number of likely N-dealkylation sites (tertiary alicyclic amines) is 1. The summed E-state index contributed by atoms with van der Waals surface area (Å²) in [6, 6.07) is 5.37. The van der Waals surface area contributed by atoms with E-state index in [9.17, 15) is 19.7 Å². The number of aldehydes is 1. The van der Waals surface area contributed by atoms with E-state index in [4.69, 9.17) is 4.74 Å². The van der Waals surface area contributed by atoms with Crippen molar-refractivity contribution in [3.05, 3.63) is 39.9 Å². The van der Waals surface area contributed by atoms with E-state index >= 15 is 0 Å². The van der Waals surface area contributed by atoms with Crippen LogP contribution in [0, 0.1) is 10.1 Å². The normalized spacial score (nSPS) is 17.8. The maximum Gasteiger partial charge on any atom is 0.410 e. The number of hydrogen-bond donors (Lipinski definition) is 0. The minimum atomic E-state index is -0.530. The first-order valence-electron chi connectivity index (χ1n) is 6.24. The molecule has 7 nitrogen and oxygen atoms in total. The fraction of sp³-hybridized carbons (Fsp3) is 0.385. The number of non-ortho nitro benzene ring substituents is 1. The number of rotatable bonds is 4. The van der Waals surface area contributed by atoms with Crippen molar-refractivity contribution in [2.75, 3.05) is 6.54 Å².